The fourth-order valence-corrected chi connectivity index (χ4v) is 3.54. The zero-order valence-electron chi connectivity index (χ0n) is 14.8. The Labute approximate surface area is 159 Å². The molecule has 0 fully saturated rings. The second-order valence-corrected chi connectivity index (χ2v) is 6.80. The van der Waals surface area contributed by atoms with Crippen LogP contribution in [0.3, 0.4) is 0 Å². The van der Waals surface area contributed by atoms with Gasteiger partial charge in [-0.05, 0) is 47.9 Å². The molecule has 0 saturated heterocycles. The van der Waals surface area contributed by atoms with Crippen molar-refractivity contribution in [3.8, 4) is 5.75 Å². The summed E-state index contributed by atoms with van der Waals surface area (Å²) in [5, 5.41) is 3.10. The van der Waals surface area contributed by atoms with Gasteiger partial charge in [0.1, 0.15) is 18.6 Å². The number of aldehydes is 1. The quantitative estimate of drug-likeness (QED) is 0.801. The van der Waals surface area contributed by atoms with Gasteiger partial charge in [0.2, 0.25) is 0 Å². The number of nitrogens with zero attached hydrogens (tertiary/aromatic N) is 1. The second kappa shape index (κ2) is 6.94. The summed E-state index contributed by atoms with van der Waals surface area (Å²) in [6.07, 6.45) is -3.20. The summed E-state index contributed by atoms with van der Waals surface area (Å²) < 4.78 is 44.6. The van der Waals surface area contributed by atoms with Crippen molar-refractivity contribution < 1.29 is 27.5 Å². The van der Waals surface area contributed by atoms with Crippen LogP contribution in [0.1, 0.15) is 27.0 Å². The molecule has 2 aliphatic rings. The number of halogens is 3. The van der Waals surface area contributed by atoms with Gasteiger partial charge >= 0.3 is 6.18 Å². The first-order chi connectivity index (χ1) is 13.4. The summed E-state index contributed by atoms with van der Waals surface area (Å²) in [5.74, 6) is -0.00634. The molecule has 1 N–H and O–H groups in total. The number of carbonyl (C=O) groups is 2. The number of anilines is 1. The molecule has 1 unspecified atom stereocenters. The fraction of sp³-hybridized carbons (Fsp3) is 0.300. The number of hydrogen-bond donors (Lipinski definition) is 1. The van der Waals surface area contributed by atoms with Crippen LogP contribution in [-0.4, -0.2) is 31.4 Å². The number of alkyl halides is 3. The van der Waals surface area contributed by atoms with Crippen LogP contribution in [0.4, 0.5) is 18.9 Å². The van der Waals surface area contributed by atoms with Crippen molar-refractivity contribution in [3.63, 3.8) is 0 Å². The molecule has 0 aliphatic carbocycles. The lowest BCUT2D eigenvalue weighted by Crippen LogP contribution is -2.40. The maximum atomic E-state index is 13.0. The van der Waals surface area contributed by atoms with Crippen LogP contribution < -0.4 is 15.0 Å². The monoisotopic (exact) mass is 390 g/mol. The molecule has 0 spiro atoms. The Hall–Kier alpha value is -2.87. The third-order valence-corrected chi connectivity index (χ3v) is 4.99. The van der Waals surface area contributed by atoms with Crippen molar-refractivity contribution in [2.24, 2.45) is 0 Å². The van der Waals surface area contributed by atoms with Crippen molar-refractivity contribution in [1.82, 2.24) is 5.32 Å². The third kappa shape index (κ3) is 3.35. The molecule has 8 heteroatoms. The van der Waals surface area contributed by atoms with Crippen molar-refractivity contribution in [3.05, 3.63) is 58.7 Å². The Morgan fingerprint density at radius 1 is 1.21 bits per heavy atom. The number of nitrogens with one attached hydrogen (secondary N) is 1. The number of rotatable bonds is 2. The molecular formula is C20H17F3N2O3. The Morgan fingerprint density at radius 3 is 2.79 bits per heavy atom. The van der Waals surface area contributed by atoms with Crippen LogP contribution in [0.25, 0.3) is 0 Å². The third-order valence-electron chi connectivity index (χ3n) is 4.99. The normalized spacial score (nSPS) is 18.7. The van der Waals surface area contributed by atoms with E-state index in [0.29, 0.717) is 24.4 Å². The van der Waals surface area contributed by atoms with Crippen LogP contribution >= 0.6 is 0 Å². The van der Waals surface area contributed by atoms with Crippen molar-refractivity contribution >= 4 is 17.9 Å². The van der Waals surface area contributed by atoms with E-state index in [1.165, 1.54) is 17.0 Å². The SMILES string of the molecule is O=CC1Cc2cc3c(cc2CN1)OCCN3C(=O)c1cccc(C(F)(F)F)c1. The lowest BCUT2D eigenvalue weighted by Gasteiger charge is -2.32. The van der Waals surface area contributed by atoms with Gasteiger partial charge in [0.15, 0.2) is 0 Å². The molecule has 28 heavy (non-hydrogen) atoms. The molecule has 146 valence electrons. The molecule has 2 heterocycles. The minimum atomic E-state index is -4.52. The van der Waals surface area contributed by atoms with Crippen LogP contribution in [0.15, 0.2) is 36.4 Å². The van der Waals surface area contributed by atoms with Gasteiger partial charge in [-0.15, -0.1) is 0 Å². The lowest BCUT2D eigenvalue weighted by atomic mass is 9.94. The van der Waals surface area contributed by atoms with Gasteiger partial charge < -0.3 is 19.7 Å². The molecule has 1 atom stereocenters. The van der Waals surface area contributed by atoms with Crippen molar-refractivity contribution in [2.75, 3.05) is 18.1 Å². The summed E-state index contributed by atoms with van der Waals surface area (Å²) in [6, 6.07) is 7.72. The zero-order chi connectivity index (χ0) is 19.9. The molecule has 2 aliphatic heterocycles. The Bertz CT molecular complexity index is 943. The number of fused-ring (bicyclic) bond motifs is 2. The second-order valence-electron chi connectivity index (χ2n) is 6.80. The van der Waals surface area contributed by atoms with E-state index in [1.54, 1.807) is 6.07 Å². The van der Waals surface area contributed by atoms with E-state index < -0.39 is 17.6 Å². The molecule has 0 radical (unpaired) electrons. The Kier molecular flexibility index (Phi) is 4.58. The predicted octanol–water partition coefficient (Wildman–Crippen LogP) is 2.96. The number of carbonyl (C=O) groups excluding carboxylic acids is 2. The first-order valence-corrected chi connectivity index (χ1v) is 8.83. The highest BCUT2D eigenvalue weighted by Crippen LogP contribution is 2.37. The van der Waals surface area contributed by atoms with E-state index in [4.69, 9.17) is 4.74 Å². The smallest absolute Gasteiger partial charge is 0.416 e. The molecule has 2 aromatic rings. The molecule has 0 aromatic heterocycles. The molecule has 0 saturated carbocycles. The van der Waals surface area contributed by atoms with Gasteiger partial charge in [-0.25, -0.2) is 0 Å². The minimum Gasteiger partial charge on any atom is -0.490 e. The van der Waals surface area contributed by atoms with E-state index in [2.05, 4.69) is 5.32 Å². The van der Waals surface area contributed by atoms with E-state index >= 15 is 0 Å². The highest BCUT2D eigenvalue weighted by atomic mass is 19.4. The topological polar surface area (TPSA) is 58.6 Å². The van der Waals surface area contributed by atoms with E-state index in [9.17, 15) is 22.8 Å². The summed E-state index contributed by atoms with van der Waals surface area (Å²) in [5.41, 5.74) is 1.51. The van der Waals surface area contributed by atoms with Gasteiger partial charge in [0, 0.05) is 12.1 Å². The summed E-state index contributed by atoms with van der Waals surface area (Å²) in [4.78, 5) is 25.5. The van der Waals surface area contributed by atoms with Gasteiger partial charge in [-0.1, -0.05) is 6.07 Å². The maximum Gasteiger partial charge on any atom is 0.416 e. The van der Waals surface area contributed by atoms with Gasteiger partial charge in [-0.2, -0.15) is 13.2 Å². The van der Waals surface area contributed by atoms with E-state index in [1.807, 2.05) is 6.07 Å². The Morgan fingerprint density at radius 2 is 2.04 bits per heavy atom. The average Bonchev–Trinajstić information content (AvgIpc) is 2.70. The van der Waals surface area contributed by atoms with E-state index in [0.717, 1.165) is 29.5 Å². The molecule has 2 aromatic carbocycles. The standard InChI is InChI=1S/C20H17F3N2O3/c21-20(22,23)15-3-1-2-12(6-15)19(27)25-4-5-28-18-9-14-10-24-16(11-26)7-13(14)8-17(18)25/h1-3,6,8-9,11,16,24H,4-5,7,10H2. The highest BCUT2D eigenvalue weighted by Gasteiger charge is 2.33. The van der Waals surface area contributed by atoms with Crippen LogP contribution in [0, 0.1) is 0 Å². The number of benzene rings is 2. The summed E-state index contributed by atoms with van der Waals surface area (Å²) in [6.45, 7) is 0.994. The molecule has 5 nitrogen and oxygen atoms in total. The first-order valence-electron chi connectivity index (χ1n) is 8.83. The average molecular weight is 390 g/mol. The van der Waals surface area contributed by atoms with Crippen LogP contribution in [0.2, 0.25) is 0 Å². The zero-order valence-corrected chi connectivity index (χ0v) is 14.8. The molecule has 0 bridgehead atoms. The number of hydrogen-bond acceptors (Lipinski definition) is 4. The molecule has 4 rings (SSSR count). The minimum absolute atomic E-state index is 0.0344. The van der Waals surface area contributed by atoms with Crippen LogP contribution in [0.5, 0.6) is 5.75 Å². The molecular weight excluding hydrogens is 373 g/mol. The van der Waals surface area contributed by atoms with E-state index in [-0.39, 0.29) is 24.8 Å². The first kappa shape index (κ1) is 18.5. The Balaban J connectivity index is 1.70. The number of ether oxygens (including phenoxy) is 1. The number of amides is 1. The predicted molar refractivity (Wildman–Crippen MR) is 95.5 cm³/mol. The molecule has 1 amide bonds. The van der Waals surface area contributed by atoms with Crippen molar-refractivity contribution in [2.45, 2.75) is 25.2 Å². The fourth-order valence-electron chi connectivity index (χ4n) is 3.54. The van der Waals surface area contributed by atoms with Gasteiger partial charge in [-0.3, -0.25) is 4.79 Å². The van der Waals surface area contributed by atoms with Gasteiger partial charge in [0.25, 0.3) is 5.91 Å². The van der Waals surface area contributed by atoms with Crippen molar-refractivity contribution in [1.29, 1.82) is 0 Å². The van der Waals surface area contributed by atoms with Crippen LogP contribution in [-0.2, 0) is 23.9 Å². The summed E-state index contributed by atoms with van der Waals surface area (Å²) >= 11 is 0. The maximum absolute atomic E-state index is 13.0. The summed E-state index contributed by atoms with van der Waals surface area (Å²) in [7, 11) is 0. The lowest BCUT2D eigenvalue weighted by molar-refractivity contribution is -0.137. The largest absolute Gasteiger partial charge is 0.490 e. The van der Waals surface area contributed by atoms with Gasteiger partial charge in [0.05, 0.1) is 23.8 Å². The highest BCUT2D eigenvalue weighted by molar-refractivity contribution is 6.07.